The van der Waals surface area contributed by atoms with E-state index in [1.54, 1.807) is 4.90 Å². The van der Waals surface area contributed by atoms with Crippen LogP contribution in [0, 0.1) is 5.92 Å². The average molecular weight is 591 g/mol. The number of rotatable bonds is 11. The summed E-state index contributed by atoms with van der Waals surface area (Å²) < 4.78 is 5.03. The Morgan fingerprint density at radius 3 is 1.97 bits per heavy atom. The van der Waals surface area contributed by atoms with Gasteiger partial charge in [-0.15, -0.1) is 0 Å². The zero-order valence-electron chi connectivity index (χ0n) is 26.2. The minimum atomic E-state index is -0.397. The fourth-order valence-electron chi connectivity index (χ4n) is 3.87. The number of unbranched alkanes of at least 4 members (excludes halogenated alkanes) is 1. The third-order valence-electron chi connectivity index (χ3n) is 5.75. The molecule has 39 heavy (non-hydrogen) atoms. The Bertz CT molecular complexity index is 634. The van der Waals surface area contributed by atoms with Crippen molar-refractivity contribution in [2.45, 2.75) is 112 Å². The first-order valence-corrected chi connectivity index (χ1v) is 16.7. The lowest BCUT2D eigenvalue weighted by molar-refractivity contribution is -0.115. The van der Waals surface area contributed by atoms with Crippen LogP contribution in [0.1, 0.15) is 99.8 Å². The summed E-state index contributed by atoms with van der Waals surface area (Å²) in [5.74, 6) is 2.54. The van der Waals surface area contributed by atoms with Crippen LogP contribution >= 0.6 is 23.5 Å². The van der Waals surface area contributed by atoms with Crippen LogP contribution in [0.3, 0.4) is 0 Å². The van der Waals surface area contributed by atoms with Crippen molar-refractivity contribution < 1.29 is 23.9 Å². The molecule has 2 atom stereocenters. The fourth-order valence-corrected chi connectivity index (χ4v) is 5.76. The Morgan fingerprint density at radius 2 is 1.46 bits per heavy atom. The Kier molecular flexibility index (Phi) is 32.1. The van der Waals surface area contributed by atoms with Gasteiger partial charge in [0.1, 0.15) is 19.4 Å². The first kappa shape index (κ1) is 42.2. The topological polar surface area (TPSA) is 84.0 Å². The van der Waals surface area contributed by atoms with Crippen LogP contribution < -0.4 is 0 Å². The van der Waals surface area contributed by atoms with Gasteiger partial charge in [0.15, 0.2) is 0 Å². The van der Waals surface area contributed by atoms with Crippen molar-refractivity contribution in [1.29, 1.82) is 0 Å². The van der Waals surface area contributed by atoms with Crippen LogP contribution in [0.15, 0.2) is 12.7 Å². The molecule has 0 spiro atoms. The maximum atomic E-state index is 12.2. The zero-order valence-corrected chi connectivity index (χ0v) is 27.8. The van der Waals surface area contributed by atoms with Crippen molar-refractivity contribution in [3.63, 3.8) is 0 Å². The van der Waals surface area contributed by atoms with Crippen molar-refractivity contribution >= 4 is 46.6 Å². The maximum absolute atomic E-state index is 12.2. The summed E-state index contributed by atoms with van der Waals surface area (Å²) in [5.41, 5.74) is 0. The highest BCUT2D eigenvalue weighted by molar-refractivity contribution is 8.14. The van der Waals surface area contributed by atoms with E-state index in [4.69, 9.17) is 9.53 Å². The summed E-state index contributed by atoms with van der Waals surface area (Å²) in [6, 6.07) is -0.0982. The molecule has 0 radical (unpaired) electrons. The number of carbonyl (C=O) groups is 4. The number of carbonyl (C=O) groups excluding carboxylic acids is 4. The number of hydrogen-bond donors (Lipinski definition) is 0. The summed E-state index contributed by atoms with van der Waals surface area (Å²) in [6.45, 7) is 21.9. The predicted molar refractivity (Wildman–Crippen MR) is 171 cm³/mol. The third kappa shape index (κ3) is 20.2. The molecular weight excluding hydrogens is 532 g/mol. The molecule has 0 aliphatic carbocycles. The molecular formula is C30H58N2O5S2. The Morgan fingerprint density at radius 1 is 0.923 bits per heavy atom. The molecule has 2 aliphatic heterocycles. The molecule has 2 heterocycles. The summed E-state index contributed by atoms with van der Waals surface area (Å²) >= 11 is 2.86. The van der Waals surface area contributed by atoms with Crippen LogP contribution in [0.4, 0.5) is 4.79 Å². The molecule has 0 aromatic carbocycles. The molecule has 2 saturated heterocycles. The normalized spacial score (nSPS) is 17.7. The number of amides is 1. The van der Waals surface area contributed by atoms with Gasteiger partial charge in [0.05, 0.1) is 6.04 Å². The predicted octanol–water partition coefficient (Wildman–Crippen LogP) is 7.48. The summed E-state index contributed by atoms with van der Waals surface area (Å²) in [7, 11) is 2.04. The number of likely N-dealkylation sites (tertiary alicyclic amines) is 2. The highest BCUT2D eigenvalue weighted by atomic mass is 32.2. The molecule has 0 N–H and O–H groups in total. The van der Waals surface area contributed by atoms with Gasteiger partial charge in [0.2, 0.25) is 10.2 Å². The van der Waals surface area contributed by atoms with Gasteiger partial charge >= 0.3 is 6.09 Å². The zero-order chi connectivity index (χ0) is 30.6. The molecule has 7 nitrogen and oxygen atoms in total. The summed E-state index contributed by atoms with van der Waals surface area (Å²) in [6.07, 6.45) is 9.52. The minimum absolute atomic E-state index is 0.104. The van der Waals surface area contributed by atoms with Crippen molar-refractivity contribution in [1.82, 2.24) is 9.80 Å². The second kappa shape index (κ2) is 29.7. The van der Waals surface area contributed by atoms with Gasteiger partial charge in [-0.2, -0.15) is 0 Å². The first-order valence-electron chi connectivity index (χ1n) is 14.7. The van der Waals surface area contributed by atoms with E-state index in [-0.39, 0.29) is 23.8 Å². The lowest BCUT2D eigenvalue weighted by atomic mass is 10.1. The molecule has 230 valence electrons. The van der Waals surface area contributed by atoms with Crippen LogP contribution in [0.25, 0.3) is 0 Å². The van der Waals surface area contributed by atoms with E-state index >= 15 is 0 Å². The molecule has 2 rings (SSSR count). The van der Waals surface area contributed by atoms with E-state index < -0.39 is 6.09 Å². The Labute approximate surface area is 248 Å². The quantitative estimate of drug-likeness (QED) is 0.181. The fraction of sp³-hybridized carbons (Fsp3) is 0.800. The van der Waals surface area contributed by atoms with Crippen molar-refractivity contribution in [2.24, 2.45) is 5.92 Å². The smallest absolute Gasteiger partial charge is 0.410 e. The van der Waals surface area contributed by atoms with Crippen LogP contribution in [0.2, 0.25) is 0 Å². The number of likely N-dealkylation sites (N-methyl/N-ethyl adjacent to an activating group) is 1. The Hall–Kier alpha value is -1.32. The second-order valence-electron chi connectivity index (χ2n) is 9.08. The van der Waals surface area contributed by atoms with Crippen LogP contribution in [-0.4, -0.2) is 83.2 Å². The standard InChI is InChI=1S/C16H27NO3S.C9H17NOS.2C2H6.CH2O/c1-4-11-20-16(19)17-10-7-9-14(17)15(18)21-12-6-5-8-13(2)3;1-3-7-12-9(11)8-5-4-6-10(8)2;3*1-2/h4,13-14H,1,5-12H2,2-3H3;8H,3-7H2,1-2H3;2*1-2H3;1H2. The molecule has 9 heteroatoms. The van der Waals surface area contributed by atoms with Crippen molar-refractivity contribution in [3.8, 4) is 0 Å². The second-order valence-corrected chi connectivity index (χ2v) is 11.3. The number of hydrogen-bond acceptors (Lipinski definition) is 8. The highest BCUT2D eigenvalue weighted by Gasteiger charge is 2.34. The molecule has 0 aromatic heterocycles. The number of nitrogens with zero attached hydrogens (tertiary/aromatic N) is 2. The van der Waals surface area contributed by atoms with E-state index in [2.05, 4.69) is 32.3 Å². The van der Waals surface area contributed by atoms with Gasteiger partial charge < -0.3 is 9.53 Å². The van der Waals surface area contributed by atoms with E-state index in [0.29, 0.717) is 11.7 Å². The molecule has 0 saturated carbocycles. The van der Waals surface area contributed by atoms with Gasteiger partial charge in [-0.05, 0) is 58.0 Å². The Balaban J connectivity index is -0.000000609. The van der Waals surface area contributed by atoms with Gasteiger partial charge in [0.25, 0.3) is 0 Å². The highest BCUT2D eigenvalue weighted by Crippen LogP contribution is 2.24. The number of thioether (sulfide) groups is 2. The molecule has 0 bridgehead atoms. The lowest BCUT2D eigenvalue weighted by Gasteiger charge is -2.22. The van der Waals surface area contributed by atoms with Crippen molar-refractivity contribution in [3.05, 3.63) is 12.7 Å². The van der Waals surface area contributed by atoms with E-state index in [1.807, 2.05) is 41.5 Å². The molecule has 2 unspecified atom stereocenters. The average Bonchev–Trinajstić information content (AvgIpc) is 3.63. The van der Waals surface area contributed by atoms with E-state index in [9.17, 15) is 14.4 Å². The van der Waals surface area contributed by atoms with E-state index in [0.717, 1.165) is 62.5 Å². The van der Waals surface area contributed by atoms with Crippen LogP contribution in [0.5, 0.6) is 0 Å². The molecule has 2 aliphatic rings. The molecule has 0 aromatic rings. The molecule has 2 fully saturated rings. The van der Waals surface area contributed by atoms with Gasteiger partial charge in [-0.1, -0.05) is 97.5 Å². The third-order valence-corrected chi connectivity index (χ3v) is 7.96. The summed E-state index contributed by atoms with van der Waals surface area (Å²) in [5, 5.41) is 0.476. The first-order chi connectivity index (χ1) is 18.8. The van der Waals surface area contributed by atoms with Gasteiger partial charge in [-0.3, -0.25) is 19.4 Å². The number of ether oxygens (including phenoxy) is 1. The lowest BCUT2D eigenvalue weighted by Crippen LogP contribution is -2.40. The minimum Gasteiger partial charge on any atom is -0.445 e. The van der Waals surface area contributed by atoms with E-state index in [1.165, 1.54) is 42.4 Å². The SMILES string of the molecule is C=CCOC(=O)N1CCCC1C(=O)SCCCCC(C)C.C=O.CC.CC.CCCSC(=O)C1CCCN1C. The van der Waals surface area contributed by atoms with Crippen molar-refractivity contribution in [2.75, 3.05) is 38.2 Å². The van der Waals surface area contributed by atoms with Gasteiger partial charge in [-0.25, -0.2) is 4.79 Å². The summed E-state index contributed by atoms with van der Waals surface area (Å²) in [4.78, 5) is 47.4. The maximum Gasteiger partial charge on any atom is 0.410 e. The monoisotopic (exact) mass is 590 g/mol. The molecule has 1 amide bonds. The largest absolute Gasteiger partial charge is 0.445 e. The van der Waals surface area contributed by atoms with Gasteiger partial charge in [0, 0.05) is 18.1 Å². The van der Waals surface area contributed by atoms with Crippen LogP contribution in [-0.2, 0) is 19.1 Å².